The number of amides is 1. The molecule has 0 unspecified atom stereocenters. The zero-order valence-electron chi connectivity index (χ0n) is 12.2. The minimum absolute atomic E-state index is 0.140. The van der Waals surface area contributed by atoms with Gasteiger partial charge in [0.15, 0.2) is 5.69 Å². The molecule has 0 radical (unpaired) electrons. The maximum absolute atomic E-state index is 12.5. The number of rotatable bonds is 3. The summed E-state index contributed by atoms with van der Waals surface area (Å²) in [6.07, 6.45) is 1.49. The van der Waals surface area contributed by atoms with Crippen molar-refractivity contribution in [1.82, 2.24) is 19.8 Å². The number of carbonyl (C=O) groups is 1. The predicted molar refractivity (Wildman–Crippen MR) is 79.1 cm³/mol. The fourth-order valence-electron chi connectivity index (χ4n) is 2.17. The van der Waals surface area contributed by atoms with E-state index in [2.05, 4.69) is 16.0 Å². The van der Waals surface area contributed by atoms with E-state index in [9.17, 15) is 4.79 Å². The van der Waals surface area contributed by atoms with E-state index < -0.39 is 0 Å². The van der Waals surface area contributed by atoms with Crippen LogP contribution in [0.1, 0.15) is 36.1 Å². The van der Waals surface area contributed by atoms with Crippen LogP contribution in [0.25, 0.3) is 0 Å². The third kappa shape index (κ3) is 3.69. The lowest BCUT2D eigenvalue weighted by Crippen LogP contribution is -2.48. The normalized spacial score (nSPS) is 16.0. The number of halogens is 1. The molecule has 112 valence electrons. The van der Waals surface area contributed by atoms with E-state index in [1.54, 1.807) is 4.90 Å². The minimum atomic E-state index is -0.166. The third-order valence-electron chi connectivity index (χ3n) is 3.44. The largest absolute Gasteiger partial charge is 0.335 e. The van der Waals surface area contributed by atoms with Crippen molar-refractivity contribution in [3.05, 3.63) is 22.7 Å². The molecule has 2 heterocycles. The summed E-state index contributed by atoms with van der Waals surface area (Å²) in [5, 5.41) is 8.97. The maximum Gasteiger partial charge on any atom is 0.274 e. The summed E-state index contributed by atoms with van der Waals surface area (Å²) in [7, 11) is 0. The molecule has 0 aromatic carbocycles. The van der Waals surface area contributed by atoms with Gasteiger partial charge in [-0.15, -0.1) is 0 Å². The van der Waals surface area contributed by atoms with Crippen LogP contribution in [0.4, 0.5) is 0 Å². The van der Waals surface area contributed by atoms with Crippen molar-refractivity contribution >= 4 is 17.5 Å². The highest BCUT2D eigenvalue weighted by atomic mass is 35.5. The zero-order valence-corrected chi connectivity index (χ0v) is 13.0. The molecule has 0 bridgehead atoms. The quantitative estimate of drug-likeness (QED) is 0.792. The van der Waals surface area contributed by atoms with E-state index in [1.165, 1.54) is 6.20 Å². The SMILES string of the molecule is CC(C)c1ncc(Cl)c(C(=O)N2CCN(CC#N)CC2)n1. The lowest BCUT2D eigenvalue weighted by Gasteiger charge is -2.33. The van der Waals surface area contributed by atoms with Crippen molar-refractivity contribution in [3.63, 3.8) is 0 Å². The summed E-state index contributed by atoms with van der Waals surface area (Å²) in [6.45, 7) is 6.89. The second-order valence-corrected chi connectivity index (χ2v) is 5.71. The molecule has 1 amide bonds. The molecule has 1 fully saturated rings. The Morgan fingerprint density at radius 2 is 2.10 bits per heavy atom. The van der Waals surface area contributed by atoms with Crippen LogP contribution in [0.5, 0.6) is 0 Å². The van der Waals surface area contributed by atoms with Crippen LogP contribution in [0.15, 0.2) is 6.20 Å². The smallest absolute Gasteiger partial charge is 0.274 e. The molecule has 6 nitrogen and oxygen atoms in total. The third-order valence-corrected chi connectivity index (χ3v) is 3.71. The Morgan fingerprint density at radius 1 is 1.43 bits per heavy atom. The van der Waals surface area contributed by atoms with Gasteiger partial charge in [-0.25, -0.2) is 9.97 Å². The Bertz CT molecular complexity index is 561. The van der Waals surface area contributed by atoms with Crippen molar-refractivity contribution < 1.29 is 4.79 Å². The molecule has 1 aliphatic heterocycles. The average Bonchev–Trinajstić information content (AvgIpc) is 2.48. The number of hydrogen-bond acceptors (Lipinski definition) is 5. The molecule has 1 aromatic heterocycles. The van der Waals surface area contributed by atoms with Gasteiger partial charge in [-0.2, -0.15) is 5.26 Å². The molecule has 0 N–H and O–H groups in total. The van der Waals surface area contributed by atoms with Gasteiger partial charge in [-0.1, -0.05) is 25.4 Å². The van der Waals surface area contributed by atoms with E-state index in [-0.39, 0.29) is 22.5 Å². The van der Waals surface area contributed by atoms with Gasteiger partial charge >= 0.3 is 0 Å². The van der Waals surface area contributed by atoms with Crippen molar-refractivity contribution in [2.75, 3.05) is 32.7 Å². The Kier molecular flexibility index (Phi) is 5.10. The van der Waals surface area contributed by atoms with E-state index in [0.717, 1.165) is 0 Å². The van der Waals surface area contributed by atoms with Gasteiger partial charge in [0, 0.05) is 32.1 Å². The highest BCUT2D eigenvalue weighted by Crippen LogP contribution is 2.18. The minimum Gasteiger partial charge on any atom is -0.335 e. The number of nitriles is 1. The van der Waals surface area contributed by atoms with Crippen molar-refractivity contribution in [1.29, 1.82) is 5.26 Å². The Balaban J connectivity index is 2.11. The number of hydrogen-bond donors (Lipinski definition) is 0. The molecule has 0 saturated carbocycles. The molecule has 1 saturated heterocycles. The summed E-state index contributed by atoms with van der Waals surface area (Å²) in [5.74, 6) is 0.591. The Hall–Kier alpha value is -1.71. The van der Waals surface area contributed by atoms with E-state index >= 15 is 0 Å². The first-order chi connectivity index (χ1) is 10.0. The lowest BCUT2D eigenvalue weighted by atomic mass is 10.2. The van der Waals surface area contributed by atoms with E-state index in [4.69, 9.17) is 16.9 Å². The van der Waals surface area contributed by atoms with Crippen LogP contribution in [-0.4, -0.2) is 58.4 Å². The second-order valence-electron chi connectivity index (χ2n) is 5.31. The molecule has 0 spiro atoms. The van der Waals surface area contributed by atoms with Crippen LogP contribution < -0.4 is 0 Å². The number of carbonyl (C=O) groups excluding carboxylic acids is 1. The summed E-state index contributed by atoms with van der Waals surface area (Å²) in [4.78, 5) is 24.7. The molecule has 21 heavy (non-hydrogen) atoms. The lowest BCUT2D eigenvalue weighted by molar-refractivity contribution is 0.0645. The van der Waals surface area contributed by atoms with Crippen molar-refractivity contribution in [2.24, 2.45) is 0 Å². The van der Waals surface area contributed by atoms with Gasteiger partial charge in [-0.05, 0) is 0 Å². The van der Waals surface area contributed by atoms with Crippen LogP contribution >= 0.6 is 11.6 Å². The van der Waals surface area contributed by atoms with Gasteiger partial charge in [0.2, 0.25) is 0 Å². The predicted octanol–water partition coefficient (Wildman–Crippen LogP) is 1.53. The molecule has 7 heteroatoms. The molecular formula is C14H18ClN5O. The van der Waals surface area contributed by atoms with Gasteiger partial charge in [0.25, 0.3) is 5.91 Å². The summed E-state index contributed by atoms with van der Waals surface area (Å²) < 4.78 is 0. The van der Waals surface area contributed by atoms with E-state index in [1.807, 2.05) is 18.7 Å². The highest BCUT2D eigenvalue weighted by Gasteiger charge is 2.25. The van der Waals surface area contributed by atoms with Gasteiger partial charge < -0.3 is 4.90 Å². The molecule has 2 rings (SSSR count). The van der Waals surface area contributed by atoms with Crippen LogP contribution in [0.2, 0.25) is 5.02 Å². The zero-order chi connectivity index (χ0) is 15.4. The van der Waals surface area contributed by atoms with Crippen LogP contribution in [0.3, 0.4) is 0 Å². The first-order valence-corrected chi connectivity index (χ1v) is 7.31. The monoisotopic (exact) mass is 307 g/mol. The molecule has 0 atom stereocenters. The standard InChI is InChI=1S/C14H18ClN5O/c1-10(2)13-17-9-11(15)12(18-13)14(21)20-7-5-19(4-3-16)6-8-20/h9-10H,4-8H2,1-2H3. The summed E-state index contributed by atoms with van der Waals surface area (Å²) in [6, 6.07) is 2.12. The fraction of sp³-hybridized carbons (Fsp3) is 0.571. The first-order valence-electron chi connectivity index (χ1n) is 6.94. The van der Waals surface area contributed by atoms with Crippen molar-refractivity contribution in [2.45, 2.75) is 19.8 Å². The molecule has 1 aromatic rings. The molecular weight excluding hydrogens is 290 g/mol. The number of nitrogens with zero attached hydrogens (tertiary/aromatic N) is 5. The van der Waals surface area contributed by atoms with Crippen LogP contribution in [-0.2, 0) is 0 Å². The Labute approximate surface area is 129 Å². The maximum atomic E-state index is 12.5. The topological polar surface area (TPSA) is 73.1 Å². The molecule has 1 aliphatic rings. The number of piperazine rings is 1. The Morgan fingerprint density at radius 3 is 2.67 bits per heavy atom. The molecule has 0 aliphatic carbocycles. The van der Waals surface area contributed by atoms with Gasteiger partial charge in [0.05, 0.1) is 23.8 Å². The first kappa shape index (κ1) is 15.7. The second kappa shape index (κ2) is 6.83. The van der Waals surface area contributed by atoms with Gasteiger partial charge in [-0.3, -0.25) is 9.69 Å². The van der Waals surface area contributed by atoms with Crippen LogP contribution in [0, 0.1) is 11.3 Å². The summed E-state index contributed by atoms with van der Waals surface area (Å²) in [5.41, 5.74) is 0.268. The van der Waals surface area contributed by atoms with Crippen molar-refractivity contribution in [3.8, 4) is 6.07 Å². The highest BCUT2D eigenvalue weighted by molar-refractivity contribution is 6.33. The summed E-state index contributed by atoms with van der Waals surface area (Å²) >= 11 is 6.07. The average molecular weight is 308 g/mol. The van der Waals surface area contributed by atoms with E-state index in [0.29, 0.717) is 38.5 Å². The van der Waals surface area contributed by atoms with Gasteiger partial charge in [0.1, 0.15) is 5.82 Å². The fourth-order valence-corrected chi connectivity index (χ4v) is 2.34. The number of aromatic nitrogens is 2.